The zero-order valence-electron chi connectivity index (χ0n) is 13.6. The Balaban J connectivity index is 1.98. The minimum absolute atomic E-state index is 0.0631. The number of carbonyl (C=O) groups is 2. The highest BCUT2D eigenvalue weighted by Crippen LogP contribution is 2.17. The highest BCUT2D eigenvalue weighted by molar-refractivity contribution is 6.31. The van der Waals surface area contributed by atoms with Crippen molar-refractivity contribution in [3.63, 3.8) is 0 Å². The molecule has 0 aromatic heterocycles. The van der Waals surface area contributed by atoms with Crippen LogP contribution in [-0.2, 0) is 14.3 Å². The molecule has 0 saturated carbocycles. The van der Waals surface area contributed by atoms with Gasteiger partial charge in [0.25, 0.3) is 5.91 Å². The number of nitrogens with one attached hydrogen (secondary N) is 1. The lowest BCUT2D eigenvalue weighted by molar-refractivity contribution is -0.138. The largest absolute Gasteiger partial charge is 0.379 e. The first-order chi connectivity index (χ1) is 11.4. The monoisotopic (exact) mass is 358 g/mol. The molecule has 24 heavy (non-hydrogen) atoms. The van der Waals surface area contributed by atoms with Gasteiger partial charge in [0.1, 0.15) is 12.4 Å². The van der Waals surface area contributed by atoms with Crippen molar-refractivity contribution in [2.75, 3.05) is 33.9 Å². The summed E-state index contributed by atoms with van der Waals surface area (Å²) in [6.07, 6.45) is 0.234. The first kappa shape index (κ1) is 18.6. The van der Waals surface area contributed by atoms with Crippen molar-refractivity contribution in [2.45, 2.75) is 18.6 Å². The van der Waals surface area contributed by atoms with Crippen LogP contribution >= 0.6 is 11.6 Å². The number of nitrogens with zero attached hydrogens (tertiary/aromatic N) is 1. The average Bonchev–Trinajstić information content (AvgIpc) is 2.56. The summed E-state index contributed by atoms with van der Waals surface area (Å²) >= 11 is 5.70. The topological polar surface area (TPSA) is 67.9 Å². The SMILES string of the molecule is CN(C)C(=O)CO[C@H]1CCOC[C@H]1NC(=O)c1ccc(F)c(Cl)c1. The molecule has 1 saturated heterocycles. The van der Waals surface area contributed by atoms with Crippen LogP contribution < -0.4 is 5.32 Å². The van der Waals surface area contributed by atoms with Gasteiger partial charge in [0, 0.05) is 26.3 Å². The molecule has 6 nitrogen and oxygen atoms in total. The third-order valence-electron chi connectivity index (χ3n) is 3.71. The van der Waals surface area contributed by atoms with Gasteiger partial charge < -0.3 is 19.7 Å². The zero-order valence-corrected chi connectivity index (χ0v) is 14.3. The quantitative estimate of drug-likeness (QED) is 0.865. The normalized spacial score (nSPS) is 20.5. The Morgan fingerprint density at radius 3 is 2.88 bits per heavy atom. The van der Waals surface area contributed by atoms with E-state index in [1.807, 2.05) is 0 Å². The molecule has 2 rings (SSSR count). The van der Waals surface area contributed by atoms with E-state index in [9.17, 15) is 14.0 Å². The highest BCUT2D eigenvalue weighted by Gasteiger charge is 2.29. The molecule has 1 heterocycles. The van der Waals surface area contributed by atoms with Crippen LogP contribution in [0.4, 0.5) is 4.39 Å². The van der Waals surface area contributed by atoms with Gasteiger partial charge in [-0.3, -0.25) is 9.59 Å². The number of benzene rings is 1. The summed E-state index contributed by atoms with van der Waals surface area (Å²) in [5.74, 6) is -1.14. The fourth-order valence-electron chi connectivity index (χ4n) is 2.25. The van der Waals surface area contributed by atoms with Gasteiger partial charge in [0.2, 0.25) is 5.91 Å². The third kappa shape index (κ3) is 4.90. The highest BCUT2D eigenvalue weighted by atomic mass is 35.5. The van der Waals surface area contributed by atoms with Crippen molar-refractivity contribution in [3.8, 4) is 0 Å². The number of carbonyl (C=O) groups excluding carboxylic acids is 2. The molecule has 0 unspecified atom stereocenters. The molecule has 8 heteroatoms. The lowest BCUT2D eigenvalue weighted by atomic mass is 10.1. The number of amides is 2. The van der Waals surface area contributed by atoms with Gasteiger partial charge in [-0.1, -0.05) is 11.6 Å². The molecule has 2 amide bonds. The van der Waals surface area contributed by atoms with Crippen LogP contribution in [0.1, 0.15) is 16.8 Å². The molecule has 1 aliphatic rings. The number of hydrogen-bond acceptors (Lipinski definition) is 4. The van der Waals surface area contributed by atoms with Crippen LogP contribution in [0.2, 0.25) is 5.02 Å². The predicted octanol–water partition coefficient (Wildman–Crippen LogP) is 1.47. The lowest BCUT2D eigenvalue weighted by Crippen LogP contribution is -2.51. The number of halogens is 2. The second-order valence-corrected chi connectivity index (χ2v) is 6.12. The minimum atomic E-state index is -0.586. The van der Waals surface area contributed by atoms with E-state index < -0.39 is 17.8 Å². The Kier molecular flexibility index (Phi) is 6.53. The van der Waals surface area contributed by atoms with Crippen molar-refractivity contribution >= 4 is 23.4 Å². The predicted molar refractivity (Wildman–Crippen MR) is 86.5 cm³/mol. The fraction of sp³-hybridized carbons (Fsp3) is 0.500. The van der Waals surface area contributed by atoms with Crippen LogP contribution in [0.25, 0.3) is 0 Å². The number of ether oxygens (including phenoxy) is 2. The molecule has 1 N–H and O–H groups in total. The Hall–Kier alpha value is -1.70. The second-order valence-electron chi connectivity index (χ2n) is 5.71. The molecule has 1 aromatic carbocycles. The number of hydrogen-bond donors (Lipinski definition) is 1. The third-order valence-corrected chi connectivity index (χ3v) is 4.00. The summed E-state index contributed by atoms with van der Waals surface area (Å²) in [4.78, 5) is 25.4. The molecule has 0 bridgehead atoms. The van der Waals surface area contributed by atoms with Crippen LogP contribution in [0.3, 0.4) is 0 Å². The maximum absolute atomic E-state index is 13.2. The Morgan fingerprint density at radius 2 is 2.21 bits per heavy atom. The van der Waals surface area contributed by atoms with Crippen molar-refractivity contribution in [2.24, 2.45) is 0 Å². The Morgan fingerprint density at radius 1 is 1.46 bits per heavy atom. The summed E-state index contributed by atoms with van der Waals surface area (Å²) in [6, 6.07) is 3.36. The summed E-state index contributed by atoms with van der Waals surface area (Å²) in [6.45, 7) is 0.712. The lowest BCUT2D eigenvalue weighted by Gasteiger charge is -2.32. The smallest absolute Gasteiger partial charge is 0.251 e. The molecule has 0 aliphatic carbocycles. The van der Waals surface area contributed by atoms with E-state index in [4.69, 9.17) is 21.1 Å². The summed E-state index contributed by atoms with van der Waals surface area (Å²) in [5, 5.41) is 2.67. The van der Waals surface area contributed by atoms with E-state index in [0.717, 1.165) is 6.07 Å². The van der Waals surface area contributed by atoms with Gasteiger partial charge >= 0.3 is 0 Å². The molecular formula is C16H20ClFN2O4. The van der Waals surface area contributed by atoms with Gasteiger partial charge in [0.05, 0.1) is 23.8 Å². The number of likely N-dealkylation sites (N-methyl/N-ethyl adjacent to an activating group) is 1. The number of rotatable bonds is 5. The van der Waals surface area contributed by atoms with E-state index in [1.165, 1.54) is 17.0 Å². The summed E-state index contributed by atoms with van der Waals surface area (Å²) in [7, 11) is 3.29. The first-order valence-electron chi connectivity index (χ1n) is 7.54. The van der Waals surface area contributed by atoms with Gasteiger partial charge in [0.15, 0.2) is 0 Å². The van der Waals surface area contributed by atoms with Crippen LogP contribution in [0.15, 0.2) is 18.2 Å². The van der Waals surface area contributed by atoms with E-state index in [0.29, 0.717) is 13.0 Å². The molecule has 0 spiro atoms. The fourth-order valence-corrected chi connectivity index (χ4v) is 2.43. The maximum atomic E-state index is 13.2. The van der Waals surface area contributed by atoms with E-state index in [1.54, 1.807) is 14.1 Å². The molecule has 1 aromatic rings. The summed E-state index contributed by atoms with van der Waals surface area (Å²) in [5.41, 5.74) is 0.245. The van der Waals surface area contributed by atoms with E-state index in [-0.39, 0.29) is 35.8 Å². The van der Waals surface area contributed by atoms with Crippen molar-refractivity contribution in [3.05, 3.63) is 34.6 Å². The zero-order chi connectivity index (χ0) is 17.7. The molecule has 1 fully saturated rings. The van der Waals surface area contributed by atoms with Gasteiger partial charge in [-0.25, -0.2) is 4.39 Å². The van der Waals surface area contributed by atoms with Crippen molar-refractivity contribution in [1.82, 2.24) is 10.2 Å². The average molecular weight is 359 g/mol. The molecule has 132 valence electrons. The molecular weight excluding hydrogens is 339 g/mol. The Bertz CT molecular complexity index is 612. The first-order valence-corrected chi connectivity index (χ1v) is 7.91. The second kappa shape index (κ2) is 8.41. The van der Waals surface area contributed by atoms with Crippen LogP contribution in [0, 0.1) is 5.82 Å². The molecule has 1 aliphatic heterocycles. The standard InChI is InChI=1S/C16H20ClFN2O4/c1-20(2)15(21)9-24-14-5-6-23-8-13(14)19-16(22)10-3-4-12(18)11(17)7-10/h3-4,7,13-14H,5-6,8-9H2,1-2H3,(H,19,22)/t13-,14+/m1/s1. The maximum Gasteiger partial charge on any atom is 0.251 e. The summed E-state index contributed by atoms with van der Waals surface area (Å²) < 4.78 is 24.2. The van der Waals surface area contributed by atoms with E-state index >= 15 is 0 Å². The van der Waals surface area contributed by atoms with E-state index in [2.05, 4.69) is 5.32 Å². The Labute approximate surface area is 144 Å². The van der Waals surface area contributed by atoms with Gasteiger partial charge in [-0.2, -0.15) is 0 Å². The van der Waals surface area contributed by atoms with Gasteiger partial charge in [-0.15, -0.1) is 0 Å². The molecule has 0 radical (unpaired) electrons. The van der Waals surface area contributed by atoms with Crippen LogP contribution in [-0.4, -0.2) is 62.8 Å². The van der Waals surface area contributed by atoms with Crippen molar-refractivity contribution in [1.29, 1.82) is 0 Å². The van der Waals surface area contributed by atoms with Crippen LogP contribution in [0.5, 0.6) is 0 Å². The van der Waals surface area contributed by atoms with Gasteiger partial charge in [-0.05, 0) is 24.6 Å². The van der Waals surface area contributed by atoms with Crippen molar-refractivity contribution < 1.29 is 23.5 Å². The molecule has 2 atom stereocenters. The minimum Gasteiger partial charge on any atom is -0.379 e.